The molecular formula is C13H16N2O. The average Bonchev–Trinajstić information content (AvgIpc) is 2.94. The molecule has 1 aromatic rings. The van der Waals surface area contributed by atoms with Gasteiger partial charge in [0.25, 0.3) is 0 Å². The maximum Gasteiger partial charge on any atom is 0.151 e. The standard InChI is InChI=1S/C13H16N2O/c1-2-13-10(9-16)7-12(8-14)15(13)11-5-3-4-6-11/h7,9,11H,2-6H2,1H3. The molecule has 3 heteroatoms. The molecule has 0 spiro atoms. The van der Waals surface area contributed by atoms with Crippen molar-refractivity contribution in [2.45, 2.75) is 45.1 Å². The molecule has 0 aliphatic heterocycles. The van der Waals surface area contributed by atoms with E-state index in [9.17, 15) is 4.79 Å². The first-order valence-corrected chi connectivity index (χ1v) is 5.91. The van der Waals surface area contributed by atoms with E-state index in [1.807, 2.05) is 6.92 Å². The third-order valence-corrected chi connectivity index (χ3v) is 3.44. The molecule has 0 N–H and O–H groups in total. The van der Waals surface area contributed by atoms with E-state index in [4.69, 9.17) is 5.26 Å². The highest BCUT2D eigenvalue weighted by atomic mass is 16.1. The Labute approximate surface area is 95.7 Å². The molecule has 0 atom stereocenters. The number of carbonyl (C=O) groups excluding carboxylic acids is 1. The van der Waals surface area contributed by atoms with Gasteiger partial charge in [0, 0.05) is 17.3 Å². The Morgan fingerprint density at radius 3 is 2.75 bits per heavy atom. The number of nitrogens with zero attached hydrogens (tertiary/aromatic N) is 2. The van der Waals surface area contributed by atoms with E-state index in [2.05, 4.69) is 10.6 Å². The monoisotopic (exact) mass is 216 g/mol. The van der Waals surface area contributed by atoms with Gasteiger partial charge in [0.05, 0.1) is 0 Å². The zero-order chi connectivity index (χ0) is 11.5. The van der Waals surface area contributed by atoms with Gasteiger partial charge in [-0.25, -0.2) is 0 Å². The number of hydrogen-bond donors (Lipinski definition) is 0. The first kappa shape index (κ1) is 10.9. The third-order valence-electron chi connectivity index (χ3n) is 3.44. The second-order valence-electron chi connectivity index (χ2n) is 4.32. The largest absolute Gasteiger partial charge is 0.333 e. The molecule has 3 nitrogen and oxygen atoms in total. The number of rotatable bonds is 3. The van der Waals surface area contributed by atoms with Crippen LogP contribution < -0.4 is 0 Å². The summed E-state index contributed by atoms with van der Waals surface area (Å²) in [6.45, 7) is 2.04. The lowest BCUT2D eigenvalue weighted by Gasteiger charge is -2.17. The zero-order valence-corrected chi connectivity index (χ0v) is 9.57. The molecule has 84 valence electrons. The van der Waals surface area contributed by atoms with Crippen LogP contribution in [0.3, 0.4) is 0 Å². The summed E-state index contributed by atoms with van der Waals surface area (Å²) in [7, 11) is 0. The van der Waals surface area contributed by atoms with Crippen LogP contribution in [-0.2, 0) is 6.42 Å². The molecule has 1 aliphatic carbocycles. The third kappa shape index (κ3) is 1.65. The molecule has 0 unspecified atom stereocenters. The summed E-state index contributed by atoms with van der Waals surface area (Å²) in [6.07, 6.45) is 6.40. The molecule has 0 bridgehead atoms. The highest BCUT2D eigenvalue weighted by Gasteiger charge is 2.23. The van der Waals surface area contributed by atoms with Crippen LogP contribution in [-0.4, -0.2) is 10.9 Å². The Morgan fingerprint density at radius 2 is 2.25 bits per heavy atom. The fourth-order valence-corrected chi connectivity index (χ4v) is 2.73. The second kappa shape index (κ2) is 4.52. The van der Waals surface area contributed by atoms with Gasteiger partial charge in [0.15, 0.2) is 6.29 Å². The van der Waals surface area contributed by atoms with E-state index in [1.165, 1.54) is 12.8 Å². The van der Waals surface area contributed by atoms with Crippen LogP contribution in [0, 0.1) is 11.3 Å². The van der Waals surface area contributed by atoms with Crippen molar-refractivity contribution in [3.8, 4) is 6.07 Å². The van der Waals surface area contributed by atoms with Crippen LogP contribution in [0.2, 0.25) is 0 Å². The van der Waals surface area contributed by atoms with Gasteiger partial charge in [-0.3, -0.25) is 4.79 Å². The lowest BCUT2D eigenvalue weighted by molar-refractivity contribution is 0.112. The molecule has 1 fully saturated rings. The first-order valence-electron chi connectivity index (χ1n) is 5.91. The van der Waals surface area contributed by atoms with Crippen molar-refractivity contribution in [3.63, 3.8) is 0 Å². The minimum Gasteiger partial charge on any atom is -0.333 e. The van der Waals surface area contributed by atoms with E-state index in [0.717, 1.165) is 31.2 Å². The average molecular weight is 216 g/mol. The Hall–Kier alpha value is -1.56. The maximum atomic E-state index is 11.0. The SMILES string of the molecule is CCc1c(C=O)cc(C#N)n1C1CCCC1. The maximum absolute atomic E-state index is 11.0. The van der Waals surface area contributed by atoms with Gasteiger partial charge < -0.3 is 4.57 Å². The van der Waals surface area contributed by atoms with Gasteiger partial charge in [0.1, 0.15) is 11.8 Å². The lowest BCUT2D eigenvalue weighted by Crippen LogP contribution is -2.10. The quantitative estimate of drug-likeness (QED) is 0.729. The van der Waals surface area contributed by atoms with Crippen molar-refractivity contribution < 1.29 is 4.79 Å². The van der Waals surface area contributed by atoms with Gasteiger partial charge in [0.2, 0.25) is 0 Å². The predicted molar refractivity (Wildman–Crippen MR) is 61.4 cm³/mol. The molecule has 0 aromatic carbocycles. The summed E-state index contributed by atoms with van der Waals surface area (Å²) in [5, 5.41) is 9.12. The predicted octanol–water partition coefficient (Wildman–Crippen LogP) is 2.85. The highest BCUT2D eigenvalue weighted by Crippen LogP contribution is 2.33. The van der Waals surface area contributed by atoms with E-state index < -0.39 is 0 Å². The fraction of sp³-hybridized carbons (Fsp3) is 0.538. The summed E-state index contributed by atoms with van der Waals surface area (Å²) in [4.78, 5) is 11.0. The summed E-state index contributed by atoms with van der Waals surface area (Å²) in [6, 6.07) is 4.36. The molecule has 1 saturated carbocycles. The molecule has 0 radical (unpaired) electrons. The molecule has 1 aromatic heterocycles. The number of aldehydes is 1. The van der Waals surface area contributed by atoms with Crippen LogP contribution in [0.4, 0.5) is 0 Å². The molecule has 1 aliphatic rings. The topological polar surface area (TPSA) is 45.8 Å². The van der Waals surface area contributed by atoms with E-state index in [-0.39, 0.29) is 0 Å². The van der Waals surface area contributed by atoms with Gasteiger partial charge in [-0.2, -0.15) is 5.26 Å². The molecule has 16 heavy (non-hydrogen) atoms. The molecule has 1 heterocycles. The van der Waals surface area contributed by atoms with E-state index in [1.54, 1.807) is 6.07 Å². The normalized spacial score (nSPS) is 16.2. The Morgan fingerprint density at radius 1 is 1.56 bits per heavy atom. The van der Waals surface area contributed by atoms with E-state index in [0.29, 0.717) is 17.3 Å². The Bertz CT molecular complexity index is 434. The minimum atomic E-state index is 0.429. The summed E-state index contributed by atoms with van der Waals surface area (Å²) < 4.78 is 2.09. The first-order chi connectivity index (χ1) is 7.81. The van der Waals surface area contributed by atoms with Crippen LogP contribution >= 0.6 is 0 Å². The summed E-state index contributed by atoms with van der Waals surface area (Å²) >= 11 is 0. The number of hydrogen-bond acceptors (Lipinski definition) is 2. The van der Waals surface area contributed by atoms with Gasteiger partial charge in [-0.1, -0.05) is 19.8 Å². The van der Waals surface area contributed by atoms with Crippen molar-refractivity contribution >= 4 is 6.29 Å². The smallest absolute Gasteiger partial charge is 0.151 e. The molecule has 0 amide bonds. The van der Waals surface area contributed by atoms with Crippen LogP contribution in [0.25, 0.3) is 0 Å². The molecule has 0 saturated heterocycles. The number of nitriles is 1. The van der Waals surface area contributed by atoms with Crippen LogP contribution in [0.1, 0.15) is 60.4 Å². The summed E-state index contributed by atoms with van der Waals surface area (Å²) in [5.74, 6) is 0. The minimum absolute atomic E-state index is 0.429. The van der Waals surface area contributed by atoms with Crippen molar-refractivity contribution in [2.75, 3.05) is 0 Å². The van der Waals surface area contributed by atoms with Gasteiger partial charge in [-0.15, -0.1) is 0 Å². The Kier molecular flexibility index (Phi) is 3.09. The van der Waals surface area contributed by atoms with E-state index >= 15 is 0 Å². The van der Waals surface area contributed by atoms with Crippen molar-refractivity contribution in [1.29, 1.82) is 5.26 Å². The van der Waals surface area contributed by atoms with Gasteiger partial charge >= 0.3 is 0 Å². The van der Waals surface area contributed by atoms with Crippen LogP contribution in [0.15, 0.2) is 6.07 Å². The lowest BCUT2D eigenvalue weighted by atomic mass is 10.2. The second-order valence-corrected chi connectivity index (χ2v) is 4.32. The number of aromatic nitrogens is 1. The highest BCUT2D eigenvalue weighted by molar-refractivity contribution is 5.78. The van der Waals surface area contributed by atoms with Crippen molar-refractivity contribution in [2.24, 2.45) is 0 Å². The molecular weight excluding hydrogens is 200 g/mol. The van der Waals surface area contributed by atoms with Crippen LogP contribution in [0.5, 0.6) is 0 Å². The number of carbonyl (C=O) groups is 1. The molecule has 2 rings (SSSR count). The fourth-order valence-electron chi connectivity index (χ4n) is 2.73. The summed E-state index contributed by atoms with van der Waals surface area (Å²) in [5.41, 5.74) is 2.36. The Balaban J connectivity index is 2.51. The zero-order valence-electron chi connectivity index (χ0n) is 9.57. The van der Waals surface area contributed by atoms with Crippen molar-refractivity contribution in [3.05, 3.63) is 23.0 Å². The van der Waals surface area contributed by atoms with Gasteiger partial charge in [-0.05, 0) is 25.3 Å². The van der Waals surface area contributed by atoms with Crippen molar-refractivity contribution in [1.82, 2.24) is 4.57 Å².